The summed E-state index contributed by atoms with van der Waals surface area (Å²) in [6.07, 6.45) is 3.90. The van der Waals surface area contributed by atoms with Crippen molar-refractivity contribution in [2.45, 2.75) is 30.1 Å². The highest BCUT2D eigenvalue weighted by Gasteiger charge is 2.46. The van der Waals surface area contributed by atoms with Crippen molar-refractivity contribution in [1.29, 1.82) is 0 Å². The van der Waals surface area contributed by atoms with Crippen molar-refractivity contribution in [1.82, 2.24) is 9.71 Å². The Kier molecular flexibility index (Phi) is 3.90. The van der Waals surface area contributed by atoms with E-state index in [1.54, 1.807) is 12.1 Å². The number of hydrogen-bond acceptors (Lipinski definition) is 2. The maximum Gasteiger partial charge on any atom is 0.240 e. The molecule has 1 aromatic heterocycles. The number of halogens is 1. The van der Waals surface area contributed by atoms with Gasteiger partial charge in [0.15, 0.2) is 0 Å². The molecule has 1 fully saturated rings. The molecule has 0 atom stereocenters. The molecule has 0 bridgehead atoms. The number of rotatable bonds is 5. The molecule has 6 heteroatoms. The molecule has 3 aromatic rings. The summed E-state index contributed by atoms with van der Waals surface area (Å²) < 4.78 is 27.9. The van der Waals surface area contributed by atoms with Crippen LogP contribution in [0.1, 0.15) is 24.0 Å². The van der Waals surface area contributed by atoms with Crippen molar-refractivity contribution in [2.75, 3.05) is 6.54 Å². The first kappa shape index (κ1) is 16.6. The Hall–Kier alpha value is -1.82. The monoisotopic (exact) mass is 374 g/mol. The average Bonchev–Trinajstić information content (AvgIpc) is 3.26. The van der Waals surface area contributed by atoms with E-state index in [1.165, 1.54) is 0 Å². The Bertz CT molecular complexity index is 1030. The highest BCUT2D eigenvalue weighted by Crippen LogP contribution is 2.50. The SMILES string of the molecule is Cc1ccc(S(=O)(=O)NCC2(c3c[nH]c4ccc(Cl)cc34)CC2)cc1. The Labute approximate surface area is 152 Å². The molecule has 0 radical (unpaired) electrons. The molecule has 130 valence electrons. The molecular formula is C19H19ClN2O2S. The Morgan fingerprint density at radius 1 is 1.16 bits per heavy atom. The van der Waals surface area contributed by atoms with Gasteiger partial charge in [-0.2, -0.15) is 0 Å². The predicted octanol–water partition coefficient (Wildman–Crippen LogP) is 4.14. The van der Waals surface area contributed by atoms with Gasteiger partial charge in [0.1, 0.15) is 0 Å². The normalized spacial score (nSPS) is 16.2. The second-order valence-electron chi connectivity index (χ2n) is 6.81. The molecule has 1 aliphatic carbocycles. The van der Waals surface area contributed by atoms with Gasteiger partial charge in [-0.25, -0.2) is 13.1 Å². The van der Waals surface area contributed by atoms with Crippen LogP contribution in [-0.2, 0) is 15.4 Å². The zero-order chi connectivity index (χ0) is 17.7. The van der Waals surface area contributed by atoms with Gasteiger partial charge in [0.25, 0.3) is 0 Å². The van der Waals surface area contributed by atoms with Gasteiger partial charge in [0.2, 0.25) is 10.0 Å². The van der Waals surface area contributed by atoms with Gasteiger partial charge in [0, 0.05) is 34.1 Å². The summed E-state index contributed by atoms with van der Waals surface area (Å²) in [5, 5.41) is 1.75. The number of fused-ring (bicyclic) bond motifs is 1. The van der Waals surface area contributed by atoms with Crippen LogP contribution in [0.2, 0.25) is 5.02 Å². The van der Waals surface area contributed by atoms with Crippen LogP contribution < -0.4 is 4.72 Å². The largest absolute Gasteiger partial charge is 0.361 e. The lowest BCUT2D eigenvalue weighted by atomic mass is 9.96. The quantitative estimate of drug-likeness (QED) is 0.705. The third kappa shape index (κ3) is 3.08. The van der Waals surface area contributed by atoms with Crippen LogP contribution in [-0.4, -0.2) is 19.9 Å². The van der Waals surface area contributed by atoms with Crippen LogP contribution in [0, 0.1) is 6.92 Å². The Balaban J connectivity index is 1.59. The zero-order valence-electron chi connectivity index (χ0n) is 13.8. The summed E-state index contributed by atoms with van der Waals surface area (Å²) in [5.41, 5.74) is 3.04. The first-order chi connectivity index (χ1) is 11.9. The van der Waals surface area contributed by atoms with E-state index >= 15 is 0 Å². The maximum atomic E-state index is 12.6. The van der Waals surface area contributed by atoms with Crippen molar-refractivity contribution in [3.63, 3.8) is 0 Å². The van der Waals surface area contributed by atoms with Gasteiger partial charge >= 0.3 is 0 Å². The van der Waals surface area contributed by atoms with Crippen molar-refractivity contribution >= 4 is 32.5 Å². The first-order valence-corrected chi connectivity index (χ1v) is 10.1. The van der Waals surface area contributed by atoms with E-state index in [4.69, 9.17) is 11.6 Å². The Morgan fingerprint density at radius 2 is 1.88 bits per heavy atom. The van der Waals surface area contributed by atoms with Crippen LogP contribution >= 0.6 is 11.6 Å². The lowest BCUT2D eigenvalue weighted by Gasteiger charge is -2.16. The van der Waals surface area contributed by atoms with Gasteiger partial charge < -0.3 is 4.98 Å². The van der Waals surface area contributed by atoms with Crippen LogP contribution in [0.3, 0.4) is 0 Å². The standard InChI is InChI=1S/C19H19ClN2O2S/c1-13-2-5-15(6-3-13)25(23,24)22-12-19(8-9-19)17-11-21-18-7-4-14(20)10-16(17)18/h2-7,10-11,21-22H,8-9,12H2,1H3. The summed E-state index contributed by atoms with van der Waals surface area (Å²) >= 11 is 6.14. The molecule has 1 saturated carbocycles. The molecule has 4 rings (SSSR count). The third-order valence-electron chi connectivity index (χ3n) is 5.00. The van der Waals surface area contributed by atoms with E-state index in [9.17, 15) is 8.42 Å². The van der Waals surface area contributed by atoms with E-state index in [0.29, 0.717) is 16.5 Å². The third-order valence-corrected chi connectivity index (χ3v) is 6.65. The van der Waals surface area contributed by atoms with Crippen LogP contribution in [0.15, 0.2) is 53.6 Å². The lowest BCUT2D eigenvalue weighted by molar-refractivity contribution is 0.568. The molecule has 0 amide bonds. The Morgan fingerprint density at radius 3 is 2.56 bits per heavy atom. The smallest absolute Gasteiger partial charge is 0.240 e. The summed E-state index contributed by atoms with van der Waals surface area (Å²) in [4.78, 5) is 3.56. The van der Waals surface area contributed by atoms with Gasteiger partial charge in [0.05, 0.1) is 4.90 Å². The summed E-state index contributed by atoms with van der Waals surface area (Å²) in [7, 11) is -3.51. The van der Waals surface area contributed by atoms with Crippen molar-refractivity contribution in [2.24, 2.45) is 0 Å². The van der Waals surface area contributed by atoms with Crippen LogP contribution in [0.4, 0.5) is 0 Å². The first-order valence-electron chi connectivity index (χ1n) is 8.23. The fourth-order valence-corrected chi connectivity index (χ4v) is 4.56. The molecule has 0 saturated heterocycles. The molecule has 25 heavy (non-hydrogen) atoms. The molecule has 1 aliphatic rings. The summed E-state index contributed by atoms with van der Waals surface area (Å²) in [5.74, 6) is 0. The highest BCUT2D eigenvalue weighted by molar-refractivity contribution is 7.89. The minimum Gasteiger partial charge on any atom is -0.361 e. The maximum absolute atomic E-state index is 12.6. The number of sulfonamides is 1. The second kappa shape index (κ2) is 5.87. The van der Waals surface area contributed by atoms with Gasteiger partial charge in [-0.15, -0.1) is 0 Å². The number of aryl methyl sites for hydroxylation is 1. The van der Waals surface area contributed by atoms with Crippen molar-refractivity contribution in [3.05, 3.63) is 64.8 Å². The second-order valence-corrected chi connectivity index (χ2v) is 9.01. The fourth-order valence-electron chi connectivity index (χ4n) is 3.26. The molecule has 0 unspecified atom stereocenters. The molecule has 0 spiro atoms. The number of H-pyrrole nitrogens is 1. The summed E-state index contributed by atoms with van der Waals surface area (Å²) in [6.45, 7) is 2.33. The van der Waals surface area contributed by atoms with E-state index < -0.39 is 10.0 Å². The van der Waals surface area contributed by atoms with Crippen LogP contribution in [0.5, 0.6) is 0 Å². The van der Waals surface area contributed by atoms with E-state index in [-0.39, 0.29) is 5.41 Å². The molecule has 1 heterocycles. The van der Waals surface area contributed by atoms with Crippen molar-refractivity contribution in [3.8, 4) is 0 Å². The number of benzene rings is 2. The zero-order valence-corrected chi connectivity index (χ0v) is 15.4. The highest BCUT2D eigenvalue weighted by atomic mass is 35.5. The molecule has 0 aliphatic heterocycles. The molecule has 2 aromatic carbocycles. The van der Waals surface area contributed by atoms with Gasteiger partial charge in [-0.1, -0.05) is 29.3 Å². The predicted molar refractivity (Wildman–Crippen MR) is 101 cm³/mol. The molecule has 4 nitrogen and oxygen atoms in total. The molecule has 2 N–H and O–H groups in total. The number of nitrogens with one attached hydrogen (secondary N) is 2. The van der Waals surface area contributed by atoms with Gasteiger partial charge in [-0.05, 0) is 55.7 Å². The molecular weight excluding hydrogens is 356 g/mol. The summed E-state index contributed by atoms with van der Waals surface area (Å²) in [6, 6.07) is 12.6. The average molecular weight is 375 g/mol. The van der Waals surface area contributed by atoms with E-state index in [0.717, 1.165) is 34.9 Å². The van der Waals surface area contributed by atoms with Crippen LogP contribution in [0.25, 0.3) is 10.9 Å². The van der Waals surface area contributed by atoms with E-state index in [2.05, 4.69) is 9.71 Å². The fraction of sp³-hybridized carbons (Fsp3) is 0.263. The van der Waals surface area contributed by atoms with E-state index in [1.807, 2.05) is 43.5 Å². The van der Waals surface area contributed by atoms with Crippen molar-refractivity contribution < 1.29 is 8.42 Å². The number of aromatic nitrogens is 1. The number of hydrogen-bond donors (Lipinski definition) is 2. The lowest BCUT2D eigenvalue weighted by Crippen LogP contribution is -2.32. The minimum absolute atomic E-state index is 0.152. The number of aromatic amines is 1. The minimum atomic E-state index is -3.51. The topological polar surface area (TPSA) is 62.0 Å². The van der Waals surface area contributed by atoms with Gasteiger partial charge in [-0.3, -0.25) is 0 Å².